The summed E-state index contributed by atoms with van der Waals surface area (Å²) in [6, 6.07) is 22.6. The van der Waals surface area contributed by atoms with Crippen LogP contribution in [0.15, 0.2) is 91.5 Å². The van der Waals surface area contributed by atoms with Crippen molar-refractivity contribution in [2.75, 3.05) is 10.2 Å². The Hall–Kier alpha value is -5.93. The van der Waals surface area contributed by atoms with Crippen molar-refractivity contribution >= 4 is 40.5 Å². The van der Waals surface area contributed by atoms with Crippen LogP contribution in [0.4, 0.5) is 27.9 Å². The first-order chi connectivity index (χ1) is 21.9. The van der Waals surface area contributed by atoms with Gasteiger partial charge in [-0.3, -0.25) is 4.68 Å². The molecule has 2 N–H and O–H groups in total. The van der Waals surface area contributed by atoms with E-state index in [2.05, 4.69) is 41.7 Å². The second kappa shape index (κ2) is 12.7. The summed E-state index contributed by atoms with van der Waals surface area (Å²) in [6.07, 6.45) is 6.92. The third-order valence-electron chi connectivity index (χ3n) is 6.91. The second-order valence-corrected chi connectivity index (χ2v) is 11.4. The smallest absolute Gasteiger partial charge is 0.327 e. The number of hydrogen-bond donors (Lipinski definition) is 2. The highest BCUT2D eigenvalue weighted by molar-refractivity contribution is 7.15. The maximum atomic E-state index is 13.6. The molecule has 2 aromatic carbocycles. The fraction of sp³-hybridized carbons (Fsp3) is 0.121. The maximum absolute atomic E-state index is 13.6. The molecule has 0 spiro atoms. The van der Waals surface area contributed by atoms with Crippen LogP contribution in [-0.4, -0.2) is 35.7 Å². The predicted octanol–water partition coefficient (Wildman–Crippen LogP) is 6.68. The van der Waals surface area contributed by atoms with Gasteiger partial charge in [0.2, 0.25) is 5.95 Å². The fourth-order valence-corrected chi connectivity index (χ4v) is 5.66. The van der Waals surface area contributed by atoms with Crippen molar-refractivity contribution in [1.82, 2.24) is 35.0 Å². The minimum Gasteiger partial charge on any atom is -0.333 e. The molecule has 222 valence electrons. The lowest BCUT2D eigenvalue weighted by Gasteiger charge is -2.23. The molecule has 0 atom stereocenters. The Morgan fingerprint density at radius 3 is 2.40 bits per heavy atom. The van der Waals surface area contributed by atoms with Crippen molar-refractivity contribution in [2.24, 2.45) is 7.05 Å². The van der Waals surface area contributed by atoms with Gasteiger partial charge in [0.1, 0.15) is 17.6 Å². The standard InChI is InChI=1S/C33H28N10OS/c1-21-31(45-22(2)39-21)30-25(15-34)18-36-32(41-30)40-27-10-12-28(13-11-27)43(33(44)37-16-23-7-5-4-6-8-23)29-14-9-24(17-35-29)26-19-38-42(3)20-26/h4-14,17-20H,16H2,1-3H3,(H,37,44)(H,36,40,41). The van der Waals surface area contributed by atoms with Crippen molar-refractivity contribution in [3.8, 4) is 27.8 Å². The molecule has 6 aromatic rings. The van der Waals surface area contributed by atoms with Crippen LogP contribution >= 0.6 is 11.3 Å². The zero-order valence-corrected chi connectivity index (χ0v) is 25.6. The molecule has 12 heteroatoms. The van der Waals surface area contributed by atoms with Crippen molar-refractivity contribution in [1.29, 1.82) is 5.26 Å². The highest BCUT2D eigenvalue weighted by Crippen LogP contribution is 2.32. The van der Waals surface area contributed by atoms with E-state index in [1.54, 1.807) is 17.1 Å². The summed E-state index contributed by atoms with van der Waals surface area (Å²) in [5.74, 6) is 0.802. The van der Waals surface area contributed by atoms with Gasteiger partial charge in [0, 0.05) is 42.8 Å². The SMILES string of the molecule is Cc1nc(C)c(-c2nc(Nc3ccc(N(C(=O)NCc4ccccc4)c4ccc(-c5cnn(C)c5)cn4)cc3)ncc2C#N)s1. The number of pyridine rings is 1. The number of nitrogens with one attached hydrogen (secondary N) is 2. The molecule has 4 aromatic heterocycles. The zero-order valence-electron chi connectivity index (χ0n) is 24.8. The number of hydrogen-bond acceptors (Lipinski definition) is 9. The molecule has 45 heavy (non-hydrogen) atoms. The highest BCUT2D eigenvalue weighted by Gasteiger charge is 2.20. The van der Waals surface area contributed by atoms with Gasteiger partial charge in [0.05, 0.1) is 39.2 Å². The average Bonchev–Trinajstić information content (AvgIpc) is 3.65. The normalized spacial score (nSPS) is 10.7. The molecule has 0 radical (unpaired) electrons. The number of nitrogens with zero attached hydrogens (tertiary/aromatic N) is 8. The predicted molar refractivity (Wildman–Crippen MR) is 174 cm³/mol. The summed E-state index contributed by atoms with van der Waals surface area (Å²) >= 11 is 1.49. The molecule has 0 bridgehead atoms. The molecule has 0 aliphatic carbocycles. The first kappa shape index (κ1) is 29.2. The molecule has 0 aliphatic rings. The number of thiazole rings is 1. The van der Waals surface area contributed by atoms with Gasteiger partial charge in [-0.2, -0.15) is 10.4 Å². The number of carbonyl (C=O) groups is 1. The van der Waals surface area contributed by atoms with E-state index in [1.165, 1.54) is 22.4 Å². The molecule has 0 saturated heterocycles. The van der Waals surface area contributed by atoms with Gasteiger partial charge < -0.3 is 10.6 Å². The number of carbonyl (C=O) groups excluding carboxylic acids is 1. The molecule has 2 amide bonds. The van der Waals surface area contributed by atoms with E-state index < -0.39 is 0 Å². The lowest BCUT2D eigenvalue weighted by atomic mass is 10.1. The van der Waals surface area contributed by atoms with Crippen LogP contribution in [0, 0.1) is 25.2 Å². The van der Waals surface area contributed by atoms with Crippen molar-refractivity contribution in [3.05, 3.63) is 113 Å². The topological polar surface area (TPSA) is 138 Å². The van der Waals surface area contributed by atoms with E-state index in [9.17, 15) is 10.1 Å². The van der Waals surface area contributed by atoms with Gasteiger partial charge in [0.25, 0.3) is 0 Å². The van der Waals surface area contributed by atoms with Crippen LogP contribution in [0.25, 0.3) is 21.7 Å². The van der Waals surface area contributed by atoms with E-state index in [4.69, 9.17) is 0 Å². The number of nitriles is 1. The molecular formula is C33H28N10OS. The third kappa shape index (κ3) is 6.53. The fourth-order valence-electron chi connectivity index (χ4n) is 4.74. The molecule has 0 unspecified atom stereocenters. The van der Waals surface area contributed by atoms with E-state index >= 15 is 0 Å². The summed E-state index contributed by atoms with van der Waals surface area (Å²) < 4.78 is 1.73. The molecule has 0 aliphatic heterocycles. The average molecular weight is 613 g/mol. The third-order valence-corrected chi connectivity index (χ3v) is 7.99. The van der Waals surface area contributed by atoms with Crippen molar-refractivity contribution in [2.45, 2.75) is 20.4 Å². The Morgan fingerprint density at radius 2 is 1.76 bits per heavy atom. The Labute approximate surface area is 263 Å². The summed E-state index contributed by atoms with van der Waals surface area (Å²) in [7, 11) is 1.86. The van der Waals surface area contributed by atoms with E-state index in [-0.39, 0.29) is 6.03 Å². The number of aromatic nitrogens is 6. The van der Waals surface area contributed by atoms with Crippen LogP contribution in [0.1, 0.15) is 21.8 Å². The number of benzene rings is 2. The van der Waals surface area contributed by atoms with Gasteiger partial charge in [-0.1, -0.05) is 30.3 Å². The zero-order chi connectivity index (χ0) is 31.3. The van der Waals surface area contributed by atoms with Gasteiger partial charge in [-0.25, -0.2) is 29.6 Å². The maximum Gasteiger partial charge on any atom is 0.327 e. The van der Waals surface area contributed by atoms with Crippen LogP contribution in [0.2, 0.25) is 0 Å². The number of aryl methyl sites for hydroxylation is 3. The molecule has 0 fully saturated rings. The molecule has 4 heterocycles. The lowest BCUT2D eigenvalue weighted by molar-refractivity contribution is 0.248. The Morgan fingerprint density at radius 1 is 0.956 bits per heavy atom. The van der Waals surface area contributed by atoms with E-state index in [1.807, 2.05) is 93.8 Å². The Kier molecular flexibility index (Phi) is 8.26. The summed E-state index contributed by atoms with van der Waals surface area (Å²) in [4.78, 5) is 34.1. The quantitative estimate of drug-likeness (QED) is 0.194. The Balaban J connectivity index is 1.27. The first-order valence-electron chi connectivity index (χ1n) is 14.0. The van der Waals surface area contributed by atoms with Crippen LogP contribution < -0.4 is 15.5 Å². The largest absolute Gasteiger partial charge is 0.333 e. The summed E-state index contributed by atoms with van der Waals surface area (Å²) in [5, 5.41) is 21.0. The van der Waals surface area contributed by atoms with Crippen molar-refractivity contribution in [3.63, 3.8) is 0 Å². The summed E-state index contributed by atoms with van der Waals surface area (Å²) in [6.45, 7) is 4.18. The van der Waals surface area contributed by atoms with Gasteiger partial charge in [0.15, 0.2) is 0 Å². The molecular weight excluding hydrogens is 584 g/mol. The van der Waals surface area contributed by atoms with Gasteiger partial charge in [-0.05, 0) is 55.8 Å². The number of urea groups is 1. The minimum absolute atomic E-state index is 0.323. The second-order valence-electron chi connectivity index (χ2n) is 10.2. The highest BCUT2D eigenvalue weighted by atomic mass is 32.1. The number of anilines is 4. The van der Waals surface area contributed by atoms with Gasteiger partial charge >= 0.3 is 6.03 Å². The number of amides is 2. The first-order valence-corrected chi connectivity index (χ1v) is 14.8. The Bertz CT molecular complexity index is 1990. The van der Waals surface area contributed by atoms with Crippen LogP contribution in [0.3, 0.4) is 0 Å². The van der Waals surface area contributed by atoms with Crippen molar-refractivity contribution < 1.29 is 4.79 Å². The van der Waals surface area contributed by atoms with Crippen LogP contribution in [-0.2, 0) is 13.6 Å². The van der Waals surface area contributed by atoms with E-state index in [0.717, 1.165) is 32.3 Å². The molecule has 11 nitrogen and oxygen atoms in total. The number of rotatable bonds is 8. The molecule has 6 rings (SSSR count). The minimum atomic E-state index is -0.323. The monoisotopic (exact) mass is 612 g/mol. The lowest BCUT2D eigenvalue weighted by Crippen LogP contribution is -2.37. The molecule has 0 saturated carbocycles. The van der Waals surface area contributed by atoms with Crippen LogP contribution in [0.5, 0.6) is 0 Å². The van der Waals surface area contributed by atoms with Gasteiger partial charge in [-0.15, -0.1) is 11.3 Å². The summed E-state index contributed by atoms with van der Waals surface area (Å²) in [5.41, 5.74) is 5.86. The van der Waals surface area contributed by atoms with E-state index in [0.29, 0.717) is 40.9 Å².